The molecule has 1 aromatic rings. The molecule has 1 N–H and O–H groups in total. The second-order valence-corrected chi connectivity index (χ2v) is 7.57. The molecule has 1 saturated carbocycles. The van der Waals surface area contributed by atoms with E-state index >= 15 is 0 Å². The SMILES string of the molecule is CCC1CCCCC1(NCCOC)c1nc2c(s1)CCC2. The molecule has 2 aliphatic carbocycles. The number of hydrogen-bond donors (Lipinski definition) is 1. The zero-order valence-corrected chi connectivity index (χ0v) is 14.2. The van der Waals surface area contributed by atoms with Crippen LogP contribution in [0.3, 0.4) is 0 Å². The van der Waals surface area contributed by atoms with Crippen LogP contribution in [0.5, 0.6) is 0 Å². The van der Waals surface area contributed by atoms with Crippen molar-refractivity contribution in [2.45, 2.75) is 63.8 Å². The number of nitrogens with one attached hydrogen (secondary N) is 1. The third kappa shape index (κ3) is 2.90. The Morgan fingerprint density at radius 3 is 3.00 bits per heavy atom. The van der Waals surface area contributed by atoms with E-state index in [1.807, 2.05) is 11.3 Å². The lowest BCUT2D eigenvalue weighted by Crippen LogP contribution is -2.51. The van der Waals surface area contributed by atoms with E-state index in [-0.39, 0.29) is 5.54 Å². The van der Waals surface area contributed by atoms with E-state index in [1.165, 1.54) is 62.1 Å². The normalized spacial score (nSPS) is 28.8. The molecule has 1 fully saturated rings. The maximum atomic E-state index is 5.26. The summed E-state index contributed by atoms with van der Waals surface area (Å²) in [7, 11) is 1.78. The second-order valence-electron chi connectivity index (χ2n) is 6.48. The van der Waals surface area contributed by atoms with Gasteiger partial charge in [0.25, 0.3) is 0 Å². The van der Waals surface area contributed by atoms with Crippen LogP contribution in [0.2, 0.25) is 0 Å². The molecule has 0 bridgehead atoms. The summed E-state index contributed by atoms with van der Waals surface area (Å²) >= 11 is 1.99. The van der Waals surface area contributed by atoms with Crippen LogP contribution in [0.15, 0.2) is 0 Å². The largest absolute Gasteiger partial charge is 0.383 e. The average Bonchev–Trinajstić information content (AvgIpc) is 3.09. The fourth-order valence-corrected chi connectivity index (χ4v) is 5.57. The highest BCUT2D eigenvalue weighted by molar-refractivity contribution is 7.12. The summed E-state index contributed by atoms with van der Waals surface area (Å²) in [6.07, 6.45) is 10.2. The molecule has 4 heteroatoms. The average molecular weight is 308 g/mol. The molecule has 0 amide bonds. The number of aromatic nitrogens is 1. The Balaban J connectivity index is 1.89. The van der Waals surface area contributed by atoms with E-state index in [2.05, 4.69) is 12.2 Å². The Bertz CT molecular complexity index is 452. The third-order valence-electron chi connectivity index (χ3n) is 5.29. The lowest BCUT2D eigenvalue weighted by Gasteiger charge is -2.43. The molecule has 1 heterocycles. The molecule has 21 heavy (non-hydrogen) atoms. The van der Waals surface area contributed by atoms with Crippen LogP contribution in [0.4, 0.5) is 0 Å². The van der Waals surface area contributed by atoms with Crippen LogP contribution in [0, 0.1) is 5.92 Å². The summed E-state index contributed by atoms with van der Waals surface area (Å²) < 4.78 is 5.26. The second kappa shape index (κ2) is 6.76. The molecule has 3 nitrogen and oxygen atoms in total. The van der Waals surface area contributed by atoms with Gasteiger partial charge in [0.05, 0.1) is 17.8 Å². The number of nitrogens with zero attached hydrogens (tertiary/aromatic N) is 1. The van der Waals surface area contributed by atoms with Gasteiger partial charge in [-0.2, -0.15) is 0 Å². The van der Waals surface area contributed by atoms with Crippen LogP contribution in [-0.4, -0.2) is 25.2 Å². The first kappa shape index (κ1) is 15.4. The first-order valence-corrected chi connectivity index (χ1v) is 9.35. The fraction of sp³-hybridized carbons (Fsp3) is 0.824. The minimum absolute atomic E-state index is 0.112. The monoisotopic (exact) mass is 308 g/mol. The van der Waals surface area contributed by atoms with Crippen LogP contribution < -0.4 is 5.32 Å². The smallest absolute Gasteiger partial charge is 0.114 e. The van der Waals surface area contributed by atoms with Gasteiger partial charge in [-0.05, 0) is 38.0 Å². The van der Waals surface area contributed by atoms with Crippen molar-refractivity contribution in [3.05, 3.63) is 15.6 Å². The van der Waals surface area contributed by atoms with E-state index < -0.39 is 0 Å². The van der Waals surface area contributed by atoms with Gasteiger partial charge in [0, 0.05) is 18.5 Å². The Morgan fingerprint density at radius 1 is 1.33 bits per heavy atom. The number of ether oxygens (including phenoxy) is 1. The number of rotatable bonds is 6. The van der Waals surface area contributed by atoms with Gasteiger partial charge in [-0.25, -0.2) is 4.98 Å². The summed E-state index contributed by atoms with van der Waals surface area (Å²) in [5.74, 6) is 0.717. The van der Waals surface area contributed by atoms with Gasteiger partial charge in [-0.15, -0.1) is 11.3 Å². The van der Waals surface area contributed by atoms with Crippen LogP contribution in [-0.2, 0) is 23.1 Å². The highest BCUT2D eigenvalue weighted by atomic mass is 32.1. The Hall–Kier alpha value is -0.450. The van der Waals surface area contributed by atoms with E-state index in [0.717, 1.165) is 19.1 Å². The van der Waals surface area contributed by atoms with Crippen molar-refractivity contribution >= 4 is 11.3 Å². The van der Waals surface area contributed by atoms with Crippen molar-refractivity contribution in [3.8, 4) is 0 Å². The molecule has 3 rings (SSSR count). The highest BCUT2D eigenvalue weighted by Crippen LogP contribution is 2.46. The molecule has 2 atom stereocenters. The quantitative estimate of drug-likeness (QED) is 0.814. The maximum absolute atomic E-state index is 5.26. The van der Waals surface area contributed by atoms with Gasteiger partial charge < -0.3 is 10.1 Å². The van der Waals surface area contributed by atoms with Gasteiger partial charge in [0.1, 0.15) is 5.01 Å². The molecule has 0 aromatic carbocycles. The lowest BCUT2D eigenvalue weighted by molar-refractivity contribution is 0.115. The van der Waals surface area contributed by atoms with Crippen molar-refractivity contribution in [2.24, 2.45) is 5.92 Å². The zero-order chi connectivity index (χ0) is 14.7. The summed E-state index contributed by atoms with van der Waals surface area (Å²) in [5.41, 5.74) is 1.50. The number of fused-ring (bicyclic) bond motifs is 1. The van der Waals surface area contributed by atoms with Crippen molar-refractivity contribution in [1.82, 2.24) is 10.3 Å². The maximum Gasteiger partial charge on any atom is 0.114 e. The number of methoxy groups -OCH3 is 1. The van der Waals surface area contributed by atoms with Gasteiger partial charge in [0.15, 0.2) is 0 Å². The van der Waals surface area contributed by atoms with Crippen molar-refractivity contribution in [3.63, 3.8) is 0 Å². The number of hydrogen-bond acceptors (Lipinski definition) is 4. The van der Waals surface area contributed by atoms with Gasteiger partial charge in [-0.1, -0.05) is 26.2 Å². The molecule has 0 saturated heterocycles. The Kier molecular flexibility index (Phi) is 4.97. The first-order valence-electron chi connectivity index (χ1n) is 8.53. The topological polar surface area (TPSA) is 34.1 Å². The summed E-state index contributed by atoms with van der Waals surface area (Å²) in [6.45, 7) is 4.05. The predicted octanol–water partition coefficient (Wildman–Crippen LogP) is 3.66. The number of aryl methyl sites for hydroxylation is 2. The molecule has 0 spiro atoms. The molecular formula is C17H28N2OS. The summed E-state index contributed by atoms with van der Waals surface area (Å²) in [5, 5.41) is 5.24. The van der Waals surface area contributed by atoms with Crippen molar-refractivity contribution in [2.75, 3.05) is 20.3 Å². The molecule has 2 unspecified atom stereocenters. The lowest BCUT2D eigenvalue weighted by atomic mass is 9.71. The summed E-state index contributed by atoms with van der Waals surface area (Å²) in [6, 6.07) is 0. The molecule has 0 aliphatic heterocycles. The Labute approximate surface area is 132 Å². The van der Waals surface area contributed by atoms with E-state index in [0.29, 0.717) is 0 Å². The van der Waals surface area contributed by atoms with Crippen molar-refractivity contribution in [1.29, 1.82) is 0 Å². The van der Waals surface area contributed by atoms with Crippen LogP contribution >= 0.6 is 11.3 Å². The highest BCUT2D eigenvalue weighted by Gasteiger charge is 2.43. The van der Waals surface area contributed by atoms with E-state index in [1.54, 1.807) is 12.0 Å². The zero-order valence-electron chi connectivity index (χ0n) is 13.4. The molecule has 1 aromatic heterocycles. The first-order chi connectivity index (χ1) is 10.3. The summed E-state index contributed by atoms with van der Waals surface area (Å²) in [4.78, 5) is 6.63. The van der Waals surface area contributed by atoms with E-state index in [4.69, 9.17) is 9.72 Å². The standard InChI is InChI=1S/C17H28N2OS/c1-3-13-7-4-5-10-17(13,18-11-12-20-2)16-19-14-8-6-9-15(14)21-16/h13,18H,3-12H2,1-2H3. The number of thiazole rings is 1. The molecular weight excluding hydrogens is 280 g/mol. The minimum Gasteiger partial charge on any atom is -0.383 e. The molecule has 0 radical (unpaired) electrons. The van der Waals surface area contributed by atoms with Gasteiger partial charge in [0.2, 0.25) is 0 Å². The minimum atomic E-state index is 0.112. The molecule has 118 valence electrons. The van der Waals surface area contributed by atoms with Gasteiger partial charge >= 0.3 is 0 Å². The van der Waals surface area contributed by atoms with E-state index in [9.17, 15) is 0 Å². The predicted molar refractivity (Wildman–Crippen MR) is 87.9 cm³/mol. The van der Waals surface area contributed by atoms with Crippen LogP contribution in [0.25, 0.3) is 0 Å². The molecule has 2 aliphatic rings. The fourth-order valence-electron chi connectivity index (χ4n) is 4.14. The van der Waals surface area contributed by atoms with Crippen LogP contribution in [0.1, 0.15) is 61.0 Å². The van der Waals surface area contributed by atoms with Crippen molar-refractivity contribution < 1.29 is 4.74 Å². The third-order valence-corrected chi connectivity index (χ3v) is 6.62. The Morgan fingerprint density at radius 2 is 2.24 bits per heavy atom. The van der Waals surface area contributed by atoms with Gasteiger partial charge in [-0.3, -0.25) is 0 Å².